The molecule has 6 rings (SSSR count). The summed E-state index contributed by atoms with van der Waals surface area (Å²) in [4.78, 5) is 50.7. The number of anilines is 3. The number of hydrogen-bond acceptors (Lipinski definition) is 10. The van der Waals surface area contributed by atoms with Crippen molar-refractivity contribution in [1.29, 1.82) is 0 Å². The lowest BCUT2D eigenvalue weighted by molar-refractivity contribution is 0.774. The number of aromatic nitrogens is 7. The SMILES string of the molecule is C[C@H](Nc1ncnc2[nH]ccc(=O)c12)c1c(Cl)c2cccc(-c3nc(N)nc(N)n3)c2c(=O)n1-c1ccccc1. The predicted octanol–water partition coefficient (Wildman–Crippen LogP) is 3.47. The van der Waals surface area contributed by atoms with Crippen molar-refractivity contribution in [2.24, 2.45) is 0 Å². The first-order chi connectivity index (χ1) is 19.3. The molecule has 0 fully saturated rings. The van der Waals surface area contributed by atoms with Gasteiger partial charge < -0.3 is 21.8 Å². The largest absolute Gasteiger partial charge is 0.368 e. The highest BCUT2D eigenvalue weighted by Crippen LogP contribution is 2.36. The van der Waals surface area contributed by atoms with Crippen LogP contribution in [0.1, 0.15) is 18.7 Å². The fourth-order valence-corrected chi connectivity index (χ4v) is 5.15. The van der Waals surface area contributed by atoms with E-state index in [0.717, 1.165) is 0 Å². The number of nitrogens with one attached hydrogen (secondary N) is 2. The first-order valence-corrected chi connectivity index (χ1v) is 12.5. The van der Waals surface area contributed by atoms with Crippen LogP contribution in [0.4, 0.5) is 17.7 Å². The van der Waals surface area contributed by atoms with Gasteiger partial charge in [0, 0.05) is 28.9 Å². The number of nitrogen functional groups attached to an aromatic ring is 2. The molecular formula is C27H21ClN10O2. The summed E-state index contributed by atoms with van der Waals surface area (Å²) < 4.78 is 1.52. The number of para-hydroxylation sites is 1. The number of benzene rings is 2. The lowest BCUT2D eigenvalue weighted by atomic mass is 10.0. The van der Waals surface area contributed by atoms with Crippen LogP contribution in [0.2, 0.25) is 5.02 Å². The summed E-state index contributed by atoms with van der Waals surface area (Å²) in [6, 6.07) is 15.1. The number of halogens is 1. The minimum atomic E-state index is -0.588. The molecule has 40 heavy (non-hydrogen) atoms. The van der Waals surface area contributed by atoms with E-state index in [1.54, 1.807) is 30.3 Å². The van der Waals surface area contributed by atoms with Crippen LogP contribution in [0.3, 0.4) is 0 Å². The van der Waals surface area contributed by atoms with Crippen LogP contribution in [-0.2, 0) is 0 Å². The molecule has 2 aromatic carbocycles. The van der Waals surface area contributed by atoms with Gasteiger partial charge in [0.15, 0.2) is 11.3 Å². The Morgan fingerprint density at radius 3 is 2.42 bits per heavy atom. The van der Waals surface area contributed by atoms with Gasteiger partial charge in [-0.05, 0) is 19.1 Å². The van der Waals surface area contributed by atoms with Crippen LogP contribution in [0.5, 0.6) is 0 Å². The minimum Gasteiger partial charge on any atom is -0.368 e. The summed E-state index contributed by atoms with van der Waals surface area (Å²) in [6.07, 6.45) is 2.86. The van der Waals surface area contributed by atoms with Crippen LogP contribution >= 0.6 is 11.6 Å². The van der Waals surface area contributed by atoms with Crippen molar-refractivity contribution in [3.05, 3.63) is 98.4 Å². The van der Waals surface area contributed by atoms with E-state index in [1.807, 2.05) is 25.1 Å². The maximum Gasteiger partial charge on any atom is 0.264 e. The number of hydrogen-bond donors (Lipinski definition) is 4. The van der Waals surface area contributed by atoms with Gasteiger partial charge in [-0.3, -0.25) is 14.2 Å². The lowest BCUT2D eigenvalue weighted by Crippen LogP contribution is -2.27. The highest BCUT2D eigenvalue weighted by molar-refractivity contribution is 6.36. The molecule has 0 saturated carbocycles. The van der Waals surface area contributed by atoms with Gasteiger partial charge in [-0.15, -0.1) is 0 Å². The molecule has 1 atom stereocenters. The molecule has 0 spiro atoms. The normalized spacial score (nSPS) is 12.1. The summed E-state index contributed by atoms with van der Waals surface area (Å²) >= 11 is 7.10. The molecule has 6 N–H and O–H groups in total. The van der Waals surface area contributed by atoms with Crippen molar-refractivity contribution >= 4 is 51.1 Å². The second-order valence-electron chi connectivity index (χ2n) is 8.93. The van der Waals surface area contributed by atoms with E-state index in [4.69, 9.17) is 23.1 Å². The van der Waals surface area contributed by atoms with Gasteiger partial charge in [-0.25, -0.2) is 9.97 Å². The van der Waals surface area contributed by atoms with E-state index in [0.29, 0.717) is 38.8 Å². The van der Waals surface area contributed by atoms with Crippen molar-refractivity contribution in [3.63, 3.8) is 0 Å². The molecule has 13 heteroatoms. The van der Waals surface area contributed by atoms with Crippen LogP contribution < -0.4 is 27.8 Å². The standard InChI is InChI=1S/C27H21ClN10O2/c1-13(34-24-19-17(39)10-11-31-23(19)32-12-33-24)21-20(28)15-8-5-9-16(22-35-26(29)37-27(30)36-22)18(15)25(40)38(21)14-6-3-2-4-7-14/h2-13H,1H3,(H4,29,30,35,36,37)(H2,31,32,33,34,39)/t13-/m0/s1. The monoisotopic (exact) mass is 552 g/mol. The zero-order valence-corrected chi connectivity index (χ0v) is 21.7. The third-order valence-corrected chi connectivity index (χ3v) is 6.82. The molecule has 0 aliphatic rings. The summed E-state index contributed by atoms with van der Waals surface area (Å²) in [5.41, 5.74) is 12.8. The van der Waals surface area contributed by atoms with E-state index in [-0.39, 0.29) is 39.5 Å². The summed E-state index contributed by atoms with van der Waals surface area (Å²) in [5.74, 6) is 0.299. The Morgan fingerprint density at radius 1 is 0.925 bits per heavy atom. The Kier molecular flexibility index (Phi) is 6.08. The molecular weight excluding hydrogens is 532 g/mol. The number of rotatable bonds is 5. The van der Waals surface area contributed by atoms with Crippen molar-refractivity contribution in [2.45, 2.75) is 13.0 Å². The zero-order chi connectivity index (χ0) is 28.0. The number of H-pyrrole nitrogens is 1. The Hall–Kier alpha value is -5.36. The van der Waals surface area contributed by atoms with Gasteiger partial charge in [-0.1, -0.05) is 48.0 Å². The van der Waals surface area contributed by atoms with Gasteiger partial charge >= 0.3 is 0 Å². The van der Waals surface area contributed by atoms with Gasteiger partial charge in [0.1, 0.15) is 23.2 Å². The van der Waals surface area contributed by atoms with Crippen LogP contribution in [-0.4, -0.2) is 34.5 Å². The molecule has 4 heterocycles. The fourth-order valence-electron chi connectivity index (χ4n) is 4.75. The predicted molar refractivity (Wildman–Crippen MR) is 154 cm³/mol. The van der Waals surface area contributed by atoms with Gasteiger partial charge in [0.05, 0.1) is 22.1 Å². The summed E-state index contributed by atoms with van der Waals surface area (Å²) in [5, 5.41) is 4.61. The van der Waals surface area contributed by atoms with Crippen LogP contribution in [0.25, 0.3) is 38.9 Å². The van der Waals surface area contributed by atoms with E-state index in [2.05, 4.69) is 35.2 Å². The van der Waals surface area contributed by atoms with Crippen molar-refractivity contribution in [1.82, 2.24) is 34.5 Å². The molecule has 0 aliphatic carbocycles. The first kappa shape index (κ1) is 24.9. The smallest absolute Gasteiger partial charge is 0.264 e. The second kappa shape index (κ2) is 9.75. The Labute approximate surface area is 230 Å². The Bertz CT molecular complexity index is 2020. The average Bonchev–Trinajstić information content (AvgIpc) is 2.94. The van der Waals surface area contributed by atoms with Crippen molar-refractivity contribution in [3.8, 4) is 17.1 Å². The number of pyridine rings is 2. The molecule has 0 unspecified atom stereocenters. The molecule has 0 amide bonds. The molecule has 198 valence electrons. The average molecular weight is 553 g/mol. The molecule has 0 bridgehead atoms. The molecule has 0 radical (unpaired) electrons. The Balaban J connectivity index is 1.63. The third-order valence-electron chi connectivity index (χ3n) is 6.42. The van der Waals surface area contributed by atoms with E-state index in [1.165, 1.54) is 23.2 Å². The fraction of sp³-hybridized carbons (Fsp3) is 0.0741. The second-order valence-corrected chi connectivity index (χ2v) is 9.31. The first-order valence-electron chi connectivity index (χ1n) is 12.1. The molecule has 0 aliphatic heterocycles. The number of nitrogens with two attached hydrogens (primary N) is 2. The van der Waals surface area contributed by atoms with E-state index in [9.17, 15) is 9.59 Å². The van der Waals surface area contributed by atoms with Crippen LogP contribution in [0, 0.1) is 0 Å². The van der Waals surface area contributed by atoms with Crippen molar-refractivity contribution in [2.75, 3.05) is 16.8 Å². The topological polar surface area (TPSA) is 183 Å². The quantitative estimate of drug-likeness (QED) is 0.247. The highest BCUT2D eigenvalue weighted by atomic mass is 35.5. The van der Waals surface area contributed by atoms with Gasteiger partial charge in [-0.2, -0.15) is 15.0 Å². The van der Waals surface area contributed by atoms with Crippen LogP contribution in [0.15, 0.2) is 76.7 Å². The lowest BCUT2D eigenvalue weighted by Gasteiger charge is -2.24. The maximum atomic E-state index is 14.4. The zero-order valence-electron chi connectivity index (χ0n) is 21.0. The van der Waals surface area contributed by atoms with E-state index < -0.39 is 6.04 Å². The minimum absolute atomic E-state index is 0.0736. The summed E-state index contributed by atoms with van der Waals surface area (Å²) in [6.45, 7) is 1.83. The van der Waals surface area contributed by atoms with Crippen molar-refractivity contribution < 1.29 is 0 Å². The van der Waals surface area contributed by atoms with E-state index >= 15 is 0 Å². The number of fused-ring (bicyclic) bond motifs is 2. The Morgan fingerprint density at radius 2 is 1.68 bits per heavy atom. The number of nitrogens with zero attached hydrogens (tertiary/aromatic N) is 6. The third kappa shape index (κ3) is 4.16. The molecule has 6 aromatic rings. The van der Waals surface area contributed by atoms with Gasteiger partial charge in [0.25, 0.3) is 5.56 Å². The maximum absolute atomic E-state index is 14.4. The molecule has 4 aromatic heterocycles. The van der Waals surface area contributed by atoms with Gasteiger partial charge in [0.2, 0.25) is 11.9 Å². The highest BCUT2D eigenvalue weighted by Gasteiger charge is 2.25. The molecule has 0 saturated heterocycles. The summed E-state index contributed by atoms with van der Waals surface area (Å²) in [7, 11) is 0. The number of aromatic amines is 1. The molecule has 12 nitrogen and oxygen atoms in total.